The zero-order chi connectivity index (χ0) is 15.9. The zero-order valence-corrected chi connectivity index (χ0v) is 12.9. The van der Waals surface area contributed by atoms with E-state index in [9.17, 15) is 4.79 Å². The number of halogens is 2. The number of amides is 2. The van der Waals surface area contributed by atoms with Crippen molar-refractivity contribution < 1.29 is 9.53 Å². The van der Waals surface area contributed by atoms with Gasteiger partial charge in [-0.15, -0.1) is 0 Å². The Bertz CT molecular complexity index is 667. The van der Waals surface area contributed by atoms with Gasteiger partial charge in [-0.2, -0.15) is 5.10 Å². The van der Waals surface area contributed by atoms with Crippen molar-refractivity contribution >= 4 is 35.4 Å². The molecule has 22 heavy (non-hydrogen) atoms. The third kappa shape index (κ3) is 4.65. The van der Waals surface area contributed by atoms with Gasteiger partial charge in [-0.25, -0.2) is 10.2 Å². The van der Waals surface area contributed by atoms with Crippen molar-refractivity contribution in [2.75, 3.05) is 0 Å². The summed E-state index contributed by atoms with van der Waals surface area (Å²) in [7, 11) is 0. The van der Waals surface area contributed by atoms with Crippen LogP contribution in [-0.4, -0.2) is 12.2 Å². The first kappa shape index (κ1) is 16.1. The largest absolute Gasteiger partial charge is 0.489 e. The van der Waals surface area contributed by atoms with Gasteiger partial charge < -0.3 is 10.5 Å². The molecule has 2 aromatic rings. The lowest BCUT2D eigenvalue weighted by Gasteiger charge is -2.09. The predicted octanol–water partition coefficient (Wildman–Crippen LogP) is 3.57. The van der Waals surface area contributed by atoms with E-state index in [0.29, 0.717) is 28.0 Å². The van der Waals surface area contributed by atoms with Crippen LogP contribution in [0.4, 0.5) is 4.79 Å². The van der Waals surface area contributed by atoms with Crippen molar-refractivity contribution in [3.8, 4) is 5.75 Å². The average Bonchev–Trinajstić information content (AvgIpc) is 2.49. The SMILES string of the molecule is NC(=O)NN=Cc1c(Cl)cc(OCc2ccccc2)cc1Cl. The summed E-state index contributed by atoms with van der Waals surface area (Å²) in [6, 6.07) is 12.2. The lowest BCUT2D eigenvalue weighted by atomic mass is 10.2. The number of carbonyl (C=O) groups excluding carboxylic acids is 1. The molecule has 114 valence electrons. The minimum absolute atomic E-state index is 0.352. The third-order valence-electron chi connectivity index (χ3n) is 2.67. The second-order valence-electron chi connectivity index (χ2n) is 4.31. The third-order valence-corrected chi connectivity index (χ3v) is 3.29. The van der Waals surface area contributed by atoms with Crippen molar-refractivity contribution in [3.63, 3.8) is 0 Å². The molecule has 2 rings (SSSR count). The van der Waals surface area contributed by atoms with Crippen LogP contribution < -0.4 is 15.9 Å². The van der Waals surface area contributed by atoms with Crippen LogP contribution in [0.15, 0.2) is 47.6 Å². The Labute approximate surface area is 137 Å². The van der Waals surface area contributed by atoms with E-state index >= 15 is 0 Å². The van der Waals surface area contributed by atoms with Gasteiger partial charge in [-0.05, 0) is 17.7 Å². The Hall–Kier alpha value is -2.24. The summed E-state index contributed by atoms with van der Waals surface area (Å²) >= 11 is 12.3. The molecule has 2 aromatic carbocycles. The lowest BCUT2D eigenvalue weighted by molar-refractivity contribution is 0.249. The number of carbonyl (C=O) groups is 1. The minimum Gasteiger partial charge on any atom is -0.489 e. The van der Waals surface area contributed by atoms with Gasteiger partial charge >= 0.3 is 6.03 Å². The van der Waals surface area contributed by atoms with Crippen LogP contribution in [0.1, 0.15) is 11.1 Å². The number of hydrazone groups is 1. The summed E-state index contributed by atoms with van der Waals surface area (Å²) in [5.74, 6) is 0.541. The maximum Gasteiger partial charge on any atom is 0.332 e. The fraction of sp³-hybridized carbons (Fsp3) is 0.0667. The Balaban J connectivity index is 2.09. The first-order valence-corrected chi connectivity index (χ1v) is 7.06. The number of ether oxygens (including phenoxy) is 1. The predicted molar refractivity (Wildman–Crippen MR) is 87.5 cm³/mol. The standard InChI is InChI=1S/C15H13Cl2N3O2/c16-13-6-11(22-9-10-4-2-1-3-5-10)7-14(17)12(13)8-19-20-15(18)21/h1-8H,9H2,(H3,18,20,21). The fourth-order valence-electron chi connectivity index (χ4n) is 1.67. The summed E-state index contributed by atoms with van der Waals surface area (Å²) in [6.45, 7) is 0.407. The van der Waals surface area contributed by atoms with Gasteiger partial charge in [0.25, 0.3) is 0 Å². The molecule has 0 aromatic heterocycles. The van der Waals surface area contributed by atoms with Gasteiger partial charge in [0.2, 0.25) is 0 Å². The highest BCUT2D eigenvalue weighted by Crippen LogP contribution is 2.29. The number of benzene rings is 2. The van der Waals surface area contributed by atoms with E-state index in [1.165, 1.54) is 6.21 Å². The average molecular weight is 338 g/mol. The number of urea groups is 1. The smallest absolute Gasteiger partial charge is 0.332 e. The number of hydrogen-bond acceptors (Lipinski definition) is 3. The molecule has 0 aliphatic rings. The van der Waals surface area contributed by atoms with Crippen LogP contribution in [-0.2, 0) is 6.61 Å². The molecule has 0 saturated carbocycles. The zero-order valence-electron chi connectivity index (χ0n) is 11.4. The Kier molecular flexibility index (Phi) is 5.63. The Morgan fingerprint density at radius 1 is 1.23 bits per heavy atom. The summed E-state index contributed by atoms with van der Waals surface area (Å²) in [6.07, 6.45) is 1.32. The van der Waals surface area contributed by atoms with E-state index in [1.54, 1.807) is 12.1 Å². The molecular formula is C15H13Cl2N3O2. The molecule has 0 fully saturated rings. The fourth-order valence-corrected chi connectivity index (χ4v) is 2.23. The number of primary amides is 1. The molecule has 0 heterocycles. The molecule has 0 aliphatic heterocycles. The summed E-state index contributed by atoms with van der Waals surface area (Å²) in [4.78, 5) is 10.5. The number of nitrogens with zero attached hydrogens (tertiary/aromatic N) is 1. The summed E-state index contributed by atoms with van der Waals surface area (Å²) in [5, 5.41) is 4.33. The molecule has 0 unspecified atom stereocenters. The first-order valence-electron chi connectivity index (χ1n) is 6.30. The molecule has 0 radical (unpaired) electrons. The molecule has 7 heteroatoms. The van der Waals surface area contributed by atoms with Gasteiger partial charge in [0.15, 0.2) is 0 Å². The van der Waals surface area contributed by atoms with Gasteiger partial charge in [0, 0.05) is 5.56 Å². The number of nitrogens with one attached hydrogen (secondary N) is 1. The Morgan fingerprint density at radius 2 is 1.86 bits per heavy atom. The van der Waals surface area contributed by atoms with Crippen LogP contribution in [0, 0.1) is 0 Å². The Morgan fingerprint density at radius 3 is 2.45 bits per heavy atom. The normalized spacial score (nSPS) is 10.6. The van der Waals surface area contributed by atoms with Gasteiger partial charge in [0.05, 0.1) is 16.3 Å². The van der Waals surface area contributed by atoms with E-state index < -0.39 is 6.03 Å². The van der Waals surface area contributed by atoms with Crippen LogP contribution >= 0.6 is 23.2 Å². The molecule has 2 amide bonds. The molecular weight excluding hydrogens is 325 g/mol. The molecule has 3 N–H and O–H groups in total. The number of rotatable bonds is 5. The van der Waals surface area contributed by atoms with E-state index in [-0.39, 0.29) is 0 Å². The quantitative estimate of drug-likeness (QED) is 0.646. The topological polar surface area (TPSA) is 76.7 Å². The second-order valence-corrected chi connectivity index (χ2v) is 5.12. The van der Waals surface area contributed by atoms with Crippen molar-refractivity contribution in [2.24, 2.45) is 10.8 Å². The van der Waals surface area contributed by atoms with Crippen molar-refractivity contribution in [1.29, 1.82) is 0 Å². The van der Waals surface area contributed by atoms with E-state index in [4.69, 9.17) is 33.7 Å². The monoisotopic (exact) mass is 337 g/mol. The number of hydrogen-bond donors (Lipinski definition) is 2. The summed E-state index contributed by atoms with van der Waals surface area (Å²) in [5.41, 5.74) is 8.47. The van der Waals surface area contributed by atoms with Crippen LogP contribution in [0.5, 0.6) is 5.75 Å². The molecule has 5 nitrogen and oxygen atoms in total. The maximum atomic E-state index is 10.5. The highest BCUT2D eigenvalue weighted by molar-refractivity contribution is 6.38. The van der Waals surface area contributed by atoms with Crippen molar-refractivity contribution in [3.05, 3.63) is 63.6 Å². The molecule has 0 bridgehead atoms. The highest BCUT2D eigenvalue weighted by Gasteiger charge is 2.08. The van der Waals surface area contributed by atoms with Gasteiger partial charge in [0.1, 0.15) is 12.4 Å². The van der Waals surface area contributed by atoms with Crippen LogP contribution in [0.3, 0.4) is 0 Å². The van der Waals surface area contributed by atoms with E-state index in [1.807, 2.05) is 30.3 Å². The van der Waals surface area contributed by atoms with Gasteiger partial charge in [-0.1, -0.05) is 53.5 Å². The lowest BCUT2D eigenvalue weighted by Crippen LogP contribution is -2.24. The molecule has 0 spiro atoms. The van der Waals surface area contributed by atoms with Crippen LogP contribution in [0.2, 0.25) is 10.0 Å². The maximum absolute atomic E-state index is 10.5. The second kappa shape index (κ2) is 7.68. The first-order chi connectivity index (χ1) is 10.6. The van der Waals surface area contributed by atoms with Crippen molar-refractivity contribution in [2.45, 2.75) is 6.61 Å². The minimum atomic E-state index is -0.772. The van der Waals surface area contributed by atoms with Gasteiger partial charge in [-0.3, -0.25) is 0 Å². The highest BCUT2D eigenvalue weighted by atomic mass is 35.5. The van der Waals surface area contributed by atoms with Crippen LogP contribution in [0.25, 0.3) is 0 Å². The molecule has 0 saturated heterocycles. The molecule has 0 aliphatic carbocycles. The van der Waals surface area contributed by atoms with Crippen molar-refractivity contribution in [1.82, 2.24) is 5.43 Å². The number of nitrogens with two attached hydrogens (primary N) is 1. The molecule has 0 atom stereocenters. The van der Waals surface area contributed by atoms with E-state index in [0.717, 1.165) is 5.56 Å². The summed E-state index contributed by atoms with van der Waals surface area (Å²) < 4.78 is 5.65. The van der Waals surface area contributed by atoms with E-state index in [2.05, 4.69) is 10.5 Å².